The fourth-order valence-corrected chi connectivity index (χ4v) is 2.05. The predicted molar refractivity (Wildman–Crippen MR) is 80.9 cm³/mol. The summed E-state index contributed by atoms with van der Waals surface area (Å²) >= 11 is 0. The number of hydrogen-bond donors (Lipinski definition) is 0. The van der Waals surface area contributed by atoms with E-state index in [2.05, 4.69) is 5.10 Å². The van der Waals surface area contributed by atoms with Gasteiger partial charge in [-0.2, -0.15) is 5.10 Å². The predicted octanol–water partition coefficient (Wildman–Crippen LogP) is 2.64. The van der Waals surface area contributed by atoms with Gasteiger partial charge in [-0.25, -0.2) is 0 Å². The van der Waals surface area contributed by atoms with E-state index >= 15 is 0 Å². The number of aromatic nitrogens is 2. The number of ether oxygens (including phenoxy) is 2. The Labute approximate surface area is 123 Å². The summed E-state index contributed by atoms with van der Waals surface area (Å²) in [6.45, 7) is 1.81. The molecule has 0 amide bonds. The molecule has 0 unspecified atom stereocenters. The lowest BCUT2D eigenvalue weighted by Crippen LogP contribution is -1.95. The van der Waals surface area contributed by atoms with E-state index in [1.165, 1.54) is 6.08 Å². The summed E-state index contributed by atoms with van der Waals surface area (Å²) in [7, 11) is 4.97. The van der Waals surface area contributed by atoms with Crippen molar-refractivity contribution >= 4 is 11.9 Å². The maximum absolute atomic E-state index is 12.2. The minimum atomic E-state index is -0.0847. The van der Waals surface area contributed by atoms with Crippen LogP contribution in [-0.4, -0.2) is 29.8 Å². The van der Waals surface area contributed by atoms with Crippen molar-refractivity contribution in [2.45, 2.75) is 6.92 Å². The van der Waals surface area contributed by atoms with Gasteiger partial charge in [0.25, 0.3) is 0 Å². The molecule has 0 N–H and O–H groups in total. The topological polar surface area (TPSA) is 53.4 Å². The fraction of sp³-hybridized carbons (Fsp3) is 0.250. The van der Waals surface area contributed by atoms with Crippen LogP contribution in [0.25, 0.3) is 6.08 Å². The van der Waals surface area contributed by atoms with E-state index in [1.807, 2.05) is 19.1 Å². The minimum Gasteiger partial charge on any atom is -0.497 e. The molecule has 0 aliphatic heterocycles. The van der Waals surface area contributed by atoms with Crippen LogP contribution in [0.3, 0.4) is 0 Å². The van der Waals surface area contributed by atoms with E-state index in [9.17, 15) is 4.79 Å². The lowest BCUT2D eigenvalue weighted by atomic mass is 10.1. The van der Waals surface area contributed by atoms with E-state index in [4.69, 9.17) is 9.47 Å². The van der Waals surface area contributed by atoms with Crippen LogP contribution < -0.4 is 9.47 Å². The van der Waals surface area contributed by atoms with Gasteiger partial charge in [0, 0.05) is 24.9 Å². The lowest BCUT2D eigenvalue weighted by Gasteiger charge is -2.07. The fourth-order valence-electron chi connectivity index (χ4n) is 2.05. The Balaban J connectivity index is 2.25. The number of rotatable bonds is 5. The number of methoxy groups -OCH3 is 2. The van der Waals surface area contributed by atoms with Crippen LogP contribution in [0.4, 0.5) is 0 Å². The molecule has 0 atom stereocenters. The Morgan fingerprint density at radius 2 is 2.05 bits per heavy atom. The number of carbonyl (C=O) groups excluding carboxylic acids is 1. The number of ketones is 1. The molecule has 1 aromatic heterocycles. The molecule has 0 spiro atoms. The molecule has 0 radical (unpaired) electrons. The molecule has 0 bridgehead atoms. The summed E-state index contributed by atoms with van der Waals surface area (Å²) in [5, 5.41) is 4.16. The van der Waals surface area contributed by atoms with Crippen molar-refractivity contribution in [3.63, 3.8) is 0 Å². The molecule has 1 heterocycles. The summed E-state index contributed by atoms with van der Waals surface area (Å²) in [5.41, 5.74) is 2.13. The normalized spacial score (nSPS) is 10.9. The summed E-state index contributed by atoms with van der Waals surface area (Å²) in [6, 6.07) is 5.44. The van der Waals surface area contributed by atoms with Crippen LogP contribution in [0, 0.1) is 6.92 Å². The van der Waals surface area contributed by atoms with E-state index in [-0.39, 0.29) is 5.78 Å². The Hall–Kier alpha value is -2.56. The first kappa shape index (κ1) is 14.8. The van der Waals surface area contributed by atoms with E-state index in [1.54, 1.807) is 44.3 Å². The molecule has 2 aromatic rings. The van der Waals surface area contributed by atoms with E-state index in [0.717, 1.165) is 5.56 Å². The number of carbonyl (C=O) groups is 1. The number of nitrogens with zero attached hydrogens (tertiary/aromatic N) is 2. The van der Waals surface area contributed by atoms with Crippen molar-refractivity contribution in [3.05, 3.63) is 47.3 Å². The highest BCUT2D eigenvalue weighted by Gasteiger charge is 2.10. The molecule has 0 aliphatic carbocycles. The van der Waals surface area contributed by atoms with Gasteiger partial charge in [0.05, 0.1) is 25.5 Å². The van der Waals surface area contributed by atoms with Crippen molar-refractivity contribution in [3.8, 4) is 11.5 Å². The lowest BCUT2D eigenvalue weighted by molar-refractivity contribution is 0.104. The molecule has 21 heavy (non-hydrogen) atoms. The highest BCUT2D eigenvalue weighted by atomic mass is 16.5. The number of allylic oxidation sites excluding steroid dienone is 1. The summed E-state index contributed by atoms with van der Waals surface area (Å²) < 4.78 is 12.1. The smallest absolute Gasteiger partial charge is 0.189 e. The molecule has 0 saturated carbocycles. The van der Waals surface area contributed by atoms with Crippen LogP contribution in [-0.2, 0) is 7.05 Å². The minimum absolute atomic E-state index is 0.0847. The van der Waals surface area contributed by atoms with E-state index in [0.29, 0.717) is 22.8 Å². The molecule has 110 valence electrons. The van der Waals surface area contributed by atoms with Crippen molar-refractivity contribution in [1.82, 2.24) is 9.78 Å². The molecular formula is C16H18N2O3. The van der Waals surface area contributed by atoms with Gasteiger partial charge in [0.15, 0.2) is 5.78 Å². The maximum atomic E-state index is 12.2. The third kappa shape index (κ3) is 3.31. The van der Waals surface area contributed by atoms with Crippen LogP contribution in [0.15, 0.2) is 30.5 Å². The highest BCUT2D eigenvalue weighted by molar-refractivity contribution is 6.07. The number of benzene rings is 1. The number of hydrogen-bond acceptors (Lipinski definition) is 4. The molecule has 0 aliphatic rings. The van der Waals surface area contributed by atoms with Gasteiger partial charge in [-0.15, -0.1) is 0 Å². The Morgan fingerprint density at radius 1 is 1.29 bits per heavy atom. The molecule has 0 saturated heterocycles. The van der Waals surface area contributed by atoms with Crippen LogP contribution >= 0.6 is 0 Å². The van der Waals surface area contributed by atoms with Crippen LogP contribution in [0.5, 0.6) is 11.5 Å². The Bertz CT molecular complexity index is 687. The van der Waals surface area contributed by atoms with Crippen molar-refractivity contribution in [2.24, 2.45) is 7.05 Å². The van der Waals surface area contributed by atoms with Crippen molar-refractivity contribution in [2.75, 3.05) is 14.2 Å². The zero-order valence-electron chi connectivity index (χ0n) is 12.6. The average Bonchev–Trinajstić information content (AvgIpc) is 2.83. The first-order chi connectivity index (χ1) is 10.0. The second-order valence-electron chi connectivity index (χ2n) is 4.61. The second-order valence-corrected chi connectivity index (χ2v) is 4.61. The molecular weight excluding hydrogens is 268 g/mol. The first-order valence-electron chi connectivity index (χ1n) is 6.50. The largest absolute Gasteiger partial charge is 0.497 e. The summed E-state index contributed by atoms with van der Waals surface area (Å²) in [5.74, 6) is 1.28. The van der Waals surface area contributed by atoms with Gasteiger partial charge in [-0.3, -0.25) is 9.48 Å². The third-order valence-corrected chi connectivity index (χ3v) is 3.13. The number of aryl methyl sites for hydroxylation is 2. The van der Waals surface area contributed by atoms with Gasteiger partial charge in [-0.05, 0) is 31.2 Å². The van der Waals surface area contributed by atoms with Gasteiger partial charge in [0.2, 0.25) is 0 Å². The molecule has 1 aromatic carbocycles. The monoisotopic (exact) mass is 286 g/mol. The quantitative estimate of drug-likeness (QED) is 0.626. The Kier molecular flexibility index (Phi) is 4.42. The Morgan fingerprint density at radius 3 is 2.62 bits per heavy atom. The van der Waals surface area contributed by atoms with Gasteiger partial charge >= 0.3 is 0 Å². The first-order valence-corrected chi connectivity index (χ1v) is 6.50. The second kappa shape index (κ2) is 6.26. The molecule has 5 heteroatoms. The van der Waals surface area contributed by atoms with Crippen LogP contribution in [0.1, 0.15) is 21.6 Å². The molecule has 5 nitrogen and oxygen atoms in total. The molecule has 0 fully saturated rings. The van der Waals surface area contributed by atoms with Gasteiger partial charge in [0.1, 0.15) is 11.5 Å². The average molecular weight is 286 g/mol. The van der Waals surface area contributed by atoms with Gasteiger partial charge in [-0.1, -0.05) is 0 Å². The maximum Gasteiger partial charge on any atom is 0.189 e. The standard InChI is InChI=1S/C16H18N2O3/c1-11-14(10-18(2)17-11)15(19)8-6-12-5-7-13(20-3)9-16(12)21-4/h5-10H,1-4H3/b8-6-. The van der Waals surface area contributed by atoms with E-state index < -0.39 is 0 Å². The van der Waals surface area contributed by atoms with Crippen LogP contribution in [0.2, 0.25) is 0 Å². The third-order valence-electron chi connectivity index (χ3n) is 3.13. The zero-order chi connectivity index (χ0) is 15.4. The SMILES string of the molecule is COc1ccc(/C=C\C(=O)c2cn(C)nc2C)c(OC)c1. The molecule has 2 rings (SSSR count). The summed E-state index contributed by atoms with van der Waals surface area (Å²) in [6.07, 6.45) is 4.97. The highest BCUT2D eigenvalue weighted by Crippen LogP contribution is 2.25. The van der Waals surface area contributed by atoms with Crippen molar-refractivity contribution < 1.29 is 14.3 Å². The van der Waals surface area contributed by atoms with Gasteiger partial charge < -0.3 is 9.47 Å². The van der Waals surface area contributed by atoms with Crippen molar-refractivity contribution in [1.29, 1.82) is 0 Å². The summed E-state index contributed by atoms with van der Waals surface area (Å²) in [4.78, 5) is 12.2. The zero-order valence-corrected chi connectivity index (χ0v) is 12.6.